The van der Waals surface area contributed by atoms with Gasteiger partial charge in [-0.15, -0.1) is 0 Å². The quantitative estimate of drug-likeness (QED) is 0.317. The molecule has 0 aliphatic heterocycles. The van der Waals surface area contributed by atoms with Gasteiger partial charge in [-0.05, 0) is 0 Å². The monoisotopic (exact) mass is 256 g/mol. The Hall–Kier alpha value is -1.21. The summed E-state index contributed by atoms with van der Waals surface area (Å²) in [7, 11) is -6.34. The summed E-state index contributed by atoms with van der Waals surface area (Å²) in [5.74, 6) is 0.489. The van der Waals surface area contributed by atoms with E-state index in [9.17, 15) is 26.4 Å². The molecular formula is C9H6F5OP. The van der Waals surface area contributed by atoms with Crippen LogP contribution in [-0.4, -0.2) is 12.2 Å². The van der Waals surface area contributed by atoms with Crippen LogP contribution < -0.4 is 0 Å². The predicted octanol–water partition coefficient (Wildman–Crippen LogP) is 3.87. The van der Waals surface area contributed by atoms with Crippen molar-refractivity contribution in [3.05, 3.63) is 23.5 Å². The van der Waals surface area contributed by atoms with Gasteiger partial charge in [0.05, 0.1) is 0 Å². The Labute approximate surface area is 88.2 Å². The molecule has 0 N–H and O–H groups in total. The summed E-state index contributed by atoms with van der Waals surface area (Å²) in [5.41, 5.74) is 0.850. The Kier molecular flexibility index (Phi) is 2.95. The van der Waals surface area contributed by atoms with Crippen molar-refractivity contribution in [1.82, 2.24) is 0 Å². The van der Waals surface area contributed by atoms with E-state index in [2.05, 4.69) is 0 Å². The first-order valence-electron chi connectivity index (χ1n) is 4.06. The standard InChI is InChI=1S/C9H6F5OP/c10-9(11,12)5-6-16(13,14,7-15)8-3-1-2-4-8/h1-3,7H,4H2. The van der Waals surface area contributed by atoms with Crippen molar-refractivity contribution in [2.75, 3.05) is 0 Å². The van der Waals surface area contributed by atoms with Gasteiger partial charge in [0.25, 0.3) is 0 Å². The van der Waals surface area contributed by atoms with E-state index < -0.39 is 24.7 Å². The Morgan fingerprint density at radius 2 is 2.00 bits per heavy atom. The van der Waals surface area contributed by atoms with E-state index in [0.717, 1.165) is 11.7 Å². The number of alkyl halides is 3. The predicted molar refractivity (Wildman–Crippen MR) is 51.6 cm³/mol. The topological polar surface area (TPSA) is 17.1 Å². The van der Waals surface area contributed by atoms with E-state index in [0.29, 0.717) is 5.92 Å². The van der Waals surface area contributed by atoms with Gasteiger partial charge in [-0.1, -0.05) is 0 Å². The fourth-order valence-corrected chi connectivity index (χ4v) is 2.53. The second kappa shape index (κ2) is 3.67. The van der Waals surface area contributed by atoms with Crippen molar-refractivity contribution >= 4 is 13.3 Å². The second-order valence-electron chi connectivity index (χ2n) is 3.10. The number of carbonyl (C=O) groups is 1. The van der Waals surface area contributed by atoms with E-state index in [1.807, 2.05) is 0 Å². The third kappa shape index (κ3) is 2.67. The van der Waals surface area contributed by atoms with Crippen LogP contribution in [0.4, 0.5) is 21.6 Å². The zero-order valence-corrected chi connectivity index (χ0v) is 8.66. The van der Waals surface area contributed by atoms with Crippen molar-refractivity contribution < 1.29 is 26.4 Å². The summed E-state index contributed by atoms with van der Waals surface area (Å²) in [6.45, 7) is 0. The Bertz CT molecular complexity index is 435. The molecule has 0 fully saturated rings. The summed E-state index contributed by atoms with van der Waals surface area (Å²) in [4.78, 5) is 10.4. The molecule has 0 unspecified atom stereocenters. The van der Waals surface area contributed by atoms with Crippen LogP contribution in [0, 0.1) is 11.6 Å². The van der Waals surface area contributed by atoms with E-state index in [1.165, 1.54) is 12.2 Å². The zero-order valence-electron chi connectivity index (χ0n) is 7.76. The van der Waals surface area contributed by atoms with E-state index in [-0.39, 0.29) is 6.42 Å². The van der Waals surface area contributed by atoms with Crippen LogP contribution >= 0.6 is 7.22 Å². The van der Waals surface area contributed by atoms with Gasteiger partial charge in [0.1, 0.15) is 0 Å². The van der Waals surface area contributed by atoms with Gasteiger partial charge in [0.15, 0.2) is 0 Å². The molecule has 7 heteroatoms. The van der Waals surface area contributed by atoms with E-state index in [1.54, 1.807) is 0 Å². The molecule has 0 bridgehead atoms. The number of halogens is 5. The van der Waals surface area contributed by atoms with Crippen LogP contribution in [0.15, 0.2) is 23.5 Å². The summed E-state index contributed by atoms with van der Waals surface area (Å²) in [6, 6.07) is -0.733. The number of hydrogen-bond acceptors (Lipinski definition) is 1. The average molecular weight is 256 g/mol. The summed E-state index contributed by atoms with van der Waals surface area (Å²) < 4.78 is 62.7. The molecule has 0 aromatic heterocycles. The van der Waals surface area contributed by atoms with Gasteiger partial charge < -0.3 is 0 Å². The normalized spacial score (nSPS) is 18.1. The molecule has 0 aromatic carbocycles. The Morgan fingerprint density at radius 3 is 2.38 bits per heavy atom. The molecule has 0 saturated carbocycles. The molecule has 0 saturated heterocycles. The zero-order chi connectivity index (χ0) is 12.5. The molecule has 0 radical (unpaired) electrons. The van der Waals surface area contributed by atoms with Crippen LogP contribution in [0.3, 0.4) is 0 Å². The van der Waals surface area contributed by atoms with Gasteiger partial charge >= 0.3 is 87.3 Å². The Balaban J connectivity index is 3.18. The van der Waals surface area contributed by atoms with E-state index in [4.69, 9.17) is 0 Å². The minimum absolute atomic E-state index is 0.240. The number of carbonyl (C=O) groups excluding carboxylic acids is 1. The molecule has 0 spiro atoms. The molecule has 1 rings (SSSR count). The SMILES string of the molecule is O=CP(F)(F)(C#CC(F)(F)F)C1=CC=CC1. The van der Waals surface area contributed by atoms with Crippen LogP contribution in [0.25, 0.3) is 0 Å². The minimum atomic E-state index is -6.34. The molecule has 1 aliphatic carbocycles. The van der Waals surface area contributed by atoms with Crippen LogP contribution in [-0.2, 0) is 4.79 Å². The molecule has 0 heterocycles. The van der Waals surface area contributed by atoms with Crippen molar-refractivity contribution in [3.8, 4) is 11.6 Å². The molecule has 16 heavy (non-hydrogen) atoms. The maximum absolute atomic E-state index is 13.8. The van der Waals surface area contributed by atoms with Gasteiger partial charge in [0.2, 0.25) is 0 Å². The molecule has 1 nitrogen and oxygen atoms in total. The van der Waals surface area contributed by atoms with Crippen molar-refractivity contribution in [3.63, 3.8) is 0 Å². The van der Waals surface area contributed by atoms with Crippen molar-refractivity contribution in [1.29, 1.82) is 0 Å². The maximum atomic E-state index is 13.8. The third-order valence-electron chi connectivity index (χ3n) is 1.87. The van der Waals surface area contributed by atoms with Crippen LogP contribution in [0.2, 0.25) is 0 Å². The molecule has 0 atom stereocenters. The average Bonchev–Trinajstić information content (AvgIpc) is 2.68. The third-order valence-corrected chi connectivity index (χ3v) is 4.14. The van der Waals surface area contributed by atoms with Crippen LogP contribution in [0.5, 0.6) is 0 Å². The fraction of sp³-hybridized carbons (Fsp3) is 0.222. The van der Waals surface area contributed by atoms with Gasteiger partial charge in [-0.25, -0.2) is 0 Å². The summed E-state index contributed by atoms with van der Waals surface area (Å²) in [6.07, 6.45) is -1.74. The van der Waals surface area contributed by atoms with Gasteiger partial charge in [0, 0.05) is 0 Å². The van der Waals surface area contributed by atoms with Crippen molar-refractivity contribution in [2.24, 2.45) is 0 Å². The summed E-state index contributed by atoms with van der Waals surface area (Å²) in [5, 5.41) is -0.627. The fourth-order valence-electron chi connectivity index (χ4n) is 1.07. The van der Waals surface area contributed by atoms with Gasteiger partial charge in [-0.3, -0.25) is 0 Å². The summed E-state index contributed by atoms with van der Waals surface area (Å²) >= 11 is 0. The van der Waals surface area contributed by atoms with E-state index >= 15 is 0 Å². The molecule has 1 aliphatic rings. The molecular weight excluding hydrogens is 250 g/mol. The Morgan fingerprint density at radius 1 is 1.38 bits per heavy atom. The molecule has 0 amide bonds. The number of hydrogen-bond donors (Lipinski definition) is 0. The first-order valence-corrected chi connectivity index (χ1v) is 6.15. The van der Waals surface area contributed by atoms with Crippen molar-refractivity contribution in [2.45, 2.75) is 12.6 Å². The first-order chi connectivity index (χ1) is 7.16. The number of rotatable bonds is 2. The number of allylic oxidation sites excluding steroid dienone is 4. The van der Waals surface area contributed by atoms with Gasteiger partial charge in [-0.2, -0.15) is 0 Å². The van der Waals surface area contributed by atoms with Crippen LogP contribution in [0.1, 0.15) is 6.42 Å². The molecule has 88 valence electrons. The first kappa shape index (κ1) is 12.9. The second-order valence-corrected chi connectivity index (χ2v) is 6.04. The molecule has 0 aromatic rings.